The van der Waals surface area contributed by atoms with E-state index in [2.05, 4.69) is 0 Å². The molecule has 1 rings (SSSR count). The highest BCUT2D eigenvalue weighted by Crippen LogP contribution is 2.04. The summed E-state index contributed by atoms with van der Waals surface area (Å²) in [5, 5.41) is 0. The second-order valence-electron chi connectivity index (χ2n) is 5.36. The van der Waals surface area contributed by atoms with Gasteiger partial charge in [-0.15, -0.1) is 0 Å². The van der Waals surface area contributed by atoms with Crippen molar-refractivity contribution in [3.63, 3.8) is 0 Å². The molecule has 1 atom stereocenters. The lowest BCUT2D eigenvalue weighted by molar-refractivity contribution is -0.132. The number of amides is 1. The molecule has 118 valence electrons. The number of hydrogen-bond donors (Lipinski definition) is 1. The van der Waals surface area contributed by atoms with Crippen LogP contribution in [0.3, 0.4) is 0 Å². The van der Waals surface area contributed by atoms with Crippen LogP contribution in [0.5, 0.6) is 0 Å². The number of aryl methyl sites for hydroxylation is 1. The third kappa shape index (κ3) is 4.04. The first-order chi connectivity index (χ1) is 9.79. The van der Waals surface area contributed by atoms with Crippen LogP contribution in [0, 0.1) is 0 Å². The van der Waals surface area contributed by atoms with E-state index in [1.54, 1.807) is 14.1 Å². The highest BCUT2D eigenvalue weighted by Gasteiger charge is 2.19. The van der Waals surface area contributed by atoms with Crippen LogP contribution in [0.1, 0.15) is 31.7 Å². The summed E-state index contributed by atoms with van der Waals surface area (Å²) >= 11 is 0. The predicted octanol–water partition coefficient (Wildman–Crippen LogP) is -0.440. The van der Waals surface area contributed by atoms with Crippen LogP contribution in [-0.2, 0) is 25.4 Å². The first-order valence-corrected chi connectivity index (χ1v) is 7.05. The quantitative estimate of drug-likeness (QED) is 0.770. The number of aromatic nitrogens is 2. The molecular formula is C14H24N4O3. The predicted molar refractivity (Wildman–Crippen MR) is 80.9 cm³/mol. The lowest BCUT2D eigenvalue weighted by Crippen LogP contribution is -2.44. The Morgan fingerprint density at radius 2 is 2.00 bits per heavy atom. The zero-order valence-corrected chi connectivity index (χ0v) is 13.1. The lowest BCUT2D eigenvalue weighted by Gasteiger charge is -2.21. The lowest BCUT2D eigenvalue weighted by atomic mass is 10.1. The Labute approximate surface area is 124 Å². The van der Waals surface area contributed by atoms with Gasteiger partial charge in [0.25, 0.3) is 5.56 Å². The molecule has 0 fully saturated rings. The maximum Gasteiger partial charge on any atom is 0.330 e. The van der Waals surface area contributed by atoms with E-state index in [-0.39, 0.29) is 18.0 Å². The summed E-state index contributed by atoms with van der Waals surface area (Å²) in [5.74, 6) is -0.195. The number of likely N-dealkylation sites (N-methyl/N-ethyl adjacent to an activating group) is 1. The molecule has 0 aliphatic carbocycles. The Hall–Kier alpha value is -1.89. The standard InChI is InChI=1S/C14H24N4O3/c1-5-6-7-11(15)13(20)16(2)8-10-9-17(3)14(21)18(4)12(10)19/h9,11H,5-8,15H2,1-4H3. The molecule has 0 saturated carbocycles. The number of hydrogen-bond acceptors (Lipinski definition) is 4. The van der Waals surface area contributed by atoms with Crippen molar-refractivity contribution in [3.05, 3.63) is 32.6 Å². The third-order valence-electron chi connectivity index (χ3n) is 3.49. The fraction of sp³-hybridized carbons (Fsp3) is 0.643. The molecule has 2 N–H and O–H groups in total. The Morgan fingerprint density at radius 1 is 1.38 bits per heavy atom. The van der Waals surface area contributed by atoms with E-state index in [1.165, 1.54) is 22.7 Å². The van der Waals surface area contributed by atoms with E-state index in [9.17, 15) is 14.4 Å². The van der Waals surface area contributed by atoms with Gasteiger partial charge in [0.1, 0.15) is 0 Å². The van der Waals surface area contributed by atoms with Gasteiger partial charge in [0, 0.05) is 27.3 Å². The van der Waals surface area contributed by atoms with Gasteiger partial charge in [-0.25, -0.2) is 4.79 Å². The van der Waals surface area contributed by atoms with Crippen molar-refractivity contribution in [3.8, 4) is 0 Å². The topological polar surface area (TPSA) is 90.3 Å². The first-order valence-electron chi connectivity index (χ1n) is 7.05. The third-order valence-corrected chi connectivity index (χ3v) is 3.49. The highest BCUT2D eigenvalue weighted by molar-refractivity contribution is 5.81. The molecule has 1 aromatic heterocycles. The van der Waals surface area contributed by atoms with Gasteiger partial charge in [0.05, 0.1) is 18.2 Å². The molecule has 1 unspecified atom stereocenters. The summed E-state index contributed by atoms with van der Waals surface area (Å²) in [7, 11) is 4.60. The summed E-state index contributed by atoms with van der Waals surface area (Å²) in [4.78, 5) is 37.2. The average molecular weight is 296 g/mol. The van der Waals surface area contributed by atoms with E-state index in [0.717, 1.165) is 17.4 Å². The first kappa shape index (κ1) is 17.2. The Bertz CT molecular complexity index is 618. The second kappa shape index (κ2) is 7.21. The molecule has 0 aromatic carbocycles. The molecule has 1 amide bonds. The molecule has 0 radical (unpaired) electrons. The van der Waals surface area contributed by atoms with E-state index in [0.29, 0.717) is 12.0 Å². The van der Waals surface area contributed by atoms with Crippen molar-refractivity contribution in [2.24, 2.45) is 19.8 Å². The molecule has 0 spiro atoms. The van der Waals surface area contributed by atoms with Crippen molar-refractivity contribution >= 4 is 5.91 Å². The number of nitrogens with two attached hydrogens (primary N) is 1. The van der Waals surface area contributed by atoms with Gasteiger partial charge < -0.3 is 15.2 Å². The summed E-state index contributed by atoms with van der Waals surface area (Å²) in [6.07, 6.45) is 3.96. The van der Waals surface area contributed by atoms with Crippen molar-refractivity contribution in [2.45, 2.75) is 38.8 Å². The van der Waals surface area contributed by atoms with E-state index < -0.39 is 11.7 Å². The molecule has 0 aliphatic heterocycles. The maximum atomic E-state index is 12.1. The van der Waals surface area contributed by atoms with E-state index in [1.807, 2.05) is 6.92 Å². The minimum Gasteiger partial charge on any atom is -0.340 e. The number of rotatable bonds is 6. The minimum absolute atomic E-state index is 0.138. The van der Waals surface area contributed by atoms with Gasteiger partial charge in [-0.05, 0) is 6.42 Å². The number of nitrogens with zero attached hydrogens (tertiary/aromatic N) is 3. The molecule has 0 bridgehead atoms. The number of carbonyl (C=O) groups is 1. The van der Waals surface area contributed by atoms with Gasteiger partial charge in [-0.2, -0.15) is 0 Å². The Balaban J connectivity index is 2.89. The summed E-state index contributed by atoms with van der Waals surface area (Å²) in [6.45, 7) is 2.18. The van der Waals surface area contributed by atoms with E-state index >= 15 is 0 Å². The van der Waals surface area contributed by atoms with Gasteiger partial charge in [-0.3, -0.25) is 14.2 Å². The zero-order chi connectivity index (χ0) is 16.2. The van der Waals surface area contributed by atoms with Crippen LogP contribution in [0.2, 0.25) is 0 Å². The van der Waals surface area contributed by atoms with Crippen LogP contribution in [0.4, 0.5) is 0 Å². The zero-order valence-electron chi connectivity index (χ0n) is 13.1. The molecule has 0 saturated heterocycles. The van der Waals surface area contributed by atoms with Crippen LogP contribution in [0.15, 0.2) is 15.8 Å². The van der Waals surface area contributed by atoms with E-state index in [4.69, 9.17) is 5.73 Å². The van der Waals surface area contributed by atoms with Crippen LogP contribution in [-0.4, -0.2) is 33.0 Å². The fourth-order valence-electron chi connectivity index (χ4n) is 2.16. The van der Waals surface area contributed by atoms with Gasteiger partial charge in [0.15, 0.2) is 0 Å². The summed E-state index contributed by atoms with van der Waals surface area (Å²) in [6, 6.07) is -0.550. The maximum absolute atomic E-state index is 12.1. The monoisotopic (exact) mass is 296 g/mol. The van der Waals surface area contributed by atoms with Crippen molar-refractivity contribution in [1.82, 2.24) is 14.0 Å². The molecule has 7 heteroatoms. The molecule has 21 heavy (non-hydrogen) atoms. The second-order valence-corrected chi connectivity index (χ2v) is 5.36. The van der Waals surface area contributed by atoms with Gasteiger partial charge >= 0.3 is 5.69 Å². The van der Waals surface area contributed by atoms with Crippen LogP contribution in [0.25, 0.3) is 0 Å². The van der Waals surface area contributed by atoms with Crippen molar-refractivity contribution in [2.75, 3.05) is 7.05 Å². The molecule has 0 aliphatic rings. The molecule has 1 heterocycles. The molecule has 1 aromatic rings. The largest absolute Gasteiger partial charge is 0.340 e. The summed E-state index contributed by atoms with van der Waals surface area (Å²) in [5.41, 5.74) is 5.46. The Kier molecular flexibility index (Phi) is 5.90. The number of unbranched alkanes of at least 4 members (excludes halogenated alkanes) is 1. The normalized spacial score (nSPS) is 12.2. The fourth-order valence-corrected chi connectivity index (χ4v) is 2.16. The van der Waals surface area contributed by atoms with Gasteiger partial charge in [0.2, 0.25) is 5.91 Å². The molecule has 7 nitrogen and oxygen atoms in total. The average Bonchev–Trinajstić information content (AvgIpc) is 2.47. The van der Waals surface area contributed by atoms with Crippen LogP contribution < -0.4 is 17.0 Å². The van der Waals surface area contributed by atoms with Crippen molar-refractivity contribution in [1.29, 1.82) is 0 Å². The Morgan fingerprint density at radius 3 is 2.57 bits per heavy atom. The number of carbonyl (C=O) groups excluding carboxylic acids is 1. The SMILES string of the molecule is CCCCC(N)C(=O)N(C)Cc1cn(C)c(=O)n(C)c1=O. The smallest absolute Gasteiger partial charge is 0.330 e. The summed E-state index contributed by atoms with van der Waals surface area (Å²) < 4.78 is 2.36. The van der Waals surface area contributed by atoms with Crippen molar-refractivity contribution < 1.29 is 4.79 Å². The minimum atomic E-state index is -0.550. The molecular weight excluding hydrogens is 272 g/mol. The highest BCUT2D eigenvalue weighted by atomic mass is 16.2. The van der Waals surface area contributed by atoms with Crippen LogP contribution >= 0.6 is 0 Å². The van der Waals surface area contributed by atoms with Gasteiger partial charge in [-0.1, -0.05) is 19.8 Å².